The molecule has 0 fully saturated rings. The van der Waals surface area contributed by atoms with E-state index in [1.165, 1.54) is 0 Å². The molecule has 0 spiro atoms. The van der Waals surface area contributed by atoms with Crippen molar-refractivity contribution < 1.29 is 19.4 Å². The number of allylic oxidation sites excluding steroid dienone is 1. The van der Waals surface area contributed by atoms with Gasteiger partial charge in [-0.3, -0.25) is 9.59 Å². The number of carbonyl (C=O) groups excluding carboxylic acids is 1. The van der Waals surface area contributed by atoms with Gasteiger partial charge in [0, 0.05) is 0 Å². The number of carbonyl (C=O) groups is 2. The zero-order valence-electron chi connectivity index (χ0n) is 12.8. The predicted octanol–water partition coefficient (Wildman–Crippen LogP) is 3.24. The topological polar surface area (TPSA) is 63.6 Å². The normalized spacial score (nSPS) is 13.3. The van der Waals surface area contributed by atoms with Crippen LogP contribution in [0.25, 0.3) is 0 Å². The van der Waals surface area contributed by atoms with Crippen molar-refractivity contribution in [3.63, 3.8) is 0 Å². The van der Waals surface area contributed by atoms with Crippen molar-refractivity contribution in [3.05, 3.63) is 47.5 Å². The molecular weight excluding hydrogens is 268 g/mol. The molecule has 0 saturated heterocycles. The number of benzene rings is 1. The van der Waals surface area contributed by atoms with Gasteiger partial charge in [0.25, 0.3) is 0 Å². The van der Waals surface area contributed by atoms with Crippen molar-refractivity contribution in [1.29, 1.82) is 0 Å². The standard InChI is InChI=1S/C17H22O4/c1-5-12(3)11-17(15(18)19,16(20)21-6-2)14-9-7-8-13(4)10-14/h7-10H,3,5-6,11H2,1-2,4H3,(H,18,19). The van der Waals surface area contributed by atoms with Crippen LogP contribution >= 0.6 is 0 Å². The van der Waals surface area contributed by atoms with Gasteiger partial charge < -0.3 is 9.84 Å². The molecule has 0 amide bonds. The summed E-state index contributed by atoms with van der Waals surface area (Å²) in [5, 5.41) is 9.77. The first-order valence-electron chi connectivity index (χ1n) is 7.02. The predicted molar refractivity (Wildman–Crippen MR) is 81.2 cm³/mol. The van der Waals surface area contributed by atoms with Crippen molar-refractivity contribution in [3.8, 4) is 0 Å². The number of hydrogen-bond donors (Lipinski definition) is 1. The Labute approximate surface area is 125 Å². The lowest BCUT2D eigenvalue weighted by molar-refractivity contribution is -0.161. The number of carboxylic acids is 1. The Bertz CT molecular complexity index is 547. The molecule has 0 bridgehead atoms. The van der Waals surface area contributed by atoms with Crippen molar-refractivity contribution in [2.75, 3.05) is 6.61 Å². The molecule has 0 radical (unpaired) electrons. The van der Waals surface area contributed by atoms with E-state index in [-0.39, 0.29) is 13.0 Å². The van der Waals surface area contributed by atoms with Crippen LogP contribution in [-0.4, -0.2) is 23.7 Å². The summed E-state index contributed by atoms with van der Waals surface area (Å²) in [4.78, 5) is 24.4. The maximum Gasteiger partial charge on any atom is 0.328 e. The molecule has 0 aliphatic rings. The lowest BCUT2D eigenvalue weighted by Gasteiger charge is -2.28. The summed E-state index contributed by atoms with van der Waals surface area (Å²) in [5.74, 6) is -1.95. The van der Waals surface area contributed by atoms with E-state index in [0.29, 0.717) is 17.6 Å². The number of carboxylic acid groups (broad SMARTS) is 1. The molecular formula is C17H22O4. The number of rotatable bonds is 7. The largest absolute Gasteiger partial charge is 0.480 e. The van der Waals surface area contributed by atoms with Crippen LogP contribution in [0.15, 0.2) is 36.4 Å². The molecule has 0 heterocycles. The summed E-state index contributed by atoms with van der Waals surface area (Å²) >= 11 is 0. The maximum absolute atomic E-state index is 12.4. The van der Waals surface area contributed by atoms with E-state index in [0.717, 1.165) is 5.56 Å². The lowest BCUT2D eigenvalue weighted by atomic mass is 9.74. The van der Waals surface area contributed by atoms with Gasteiger partial charge in [-0.2, -0.15) is 0 Å². The summed E-state index contributed by atoms with van der Waals surface area (Å²) < 4.78 is 5.05. The second-order valence-electron chi connectivity index (χ2n) is 5.08. The highest BCUT2D eigenvalue weighted by molar-refractivity contribution is 6.06. The minimum atomic E-state index is -1.73. The van der Waals surface area contributed by atoms with Gasteiger partial charge in [-0.15, -0.1) is 0 Å². The smallest absolute Gasteiger partial charge is 0.328 e. The Morgan fingerprint density at radius 3 is 2.48 bits per heavy atom. The van der Waals surface area contributed by atoms with E-state index in [9.17, 15) is 14.7 Å². The molecule has 4 nitrogen and oxygen atoms in total. The van der Waals surface area contributed by atoms with Gasteiger partial charge in [-0.05, 0) is 32.3 Å². The van der Waals surface area contributed by atoms with E-state index in [1.54, 1.807) is 25.1 Å². The minimum absolute atomic E-state index is 0.0428. The fraction of sp³-hybridized carbons (Fsp3) is 0.412. The molecule has 0 aromatic heterocycles. The zero-order chi connectivity index (χ0) is 16.0. The third-order valence-electron chi connectivity index (χ3n) is 3.52. The first kappa shape index (κ1) is 17.0. The minimum Gasteiger partial charge on any atom is -0.480 e. The quantitative estimate of drug-likeness (QED) is 0.475. The van der Waals surface area contributed by atoms with E-state index in [4.69, 9.17) is 4.74 Å². The summed E-state index contributed by atoms with van der Waals surface area (Å²) in [5.41, 5.74) is 0.300. The van der Waals surface area contributed by atoms with Crippen molar-refractivity contribution in [2.24, 2.45) is 0 Å². The molecule has 1 N–H and O–H groups in total. The third kappa shape index (κ3) is 3.51. The third-order valence-corrected chi connectivity index (χ3v) is 3.52. The van der Waals surface area contributed by atoms with Gasteiger partial charge in [0.15, 0.2) is 5.41 Å². The lowest BCUT2D eigenvalue weighted by Crippen LogP contribution is -2.45. The molecule has 0 saturated carbocycles. The Hall–Kier alpha value is -2.10. The van der Waals surface area contributed by atoms with Crippen molar-refractivity contribution >= 4 is 11.9 Å². The number of esters is 1. The van der Waals surface area contributed by atoms with Crippen LogP contribution in [0, 0.1) is 6.92 Å². The molecule has 1 atom stereocenters. The Morgan fingerprint density at radius 2 is 2.00 bits per heavy atom. The average Bonchev–Trinajstić information content (AvgIpc) is 2.44. The van der Waals surface area contributed by atoms with E-state index < -0.39 is 17.4 Å². The van der Waals surface area contributed by atoms with Crippen LogP contribution in [0.1, 0.15) is 37.8 Å². The fourth-order valence-electron chi connectivity index (χ4n) is 2.24. The number of hydrogen-bond acceptors (Lipinski definition) is 3. The monoisotopic (exact) mass is 290 g/mol. The highest BCUT2D eigenvalue weighted by atomic mass is 16.5. The average molecular weight is 290 g/mol. The second-order valence-corrected chi connectivity index (χ2v) is 5.08. The van der Waals surface area contributed by atoms with E-state index >= 15 is 0 Å². The van der Waals surface area contributed by atoms with Gasteiger partial charge in [0.05, 0.1) is 6.61 Å². The first-order valence-corrected chi connectivity index (χ1v) is 7.02. The summed E-state index contributed by atoms with van der Waals surface area (Å²) in [6, 6.07) is 6.97. The van der Waals surface area contributed by atoms with Gasteiger partial charge in [-0.25, -0.2) is 0 Å². The molecule has 1 rings (SSSR count). The van der Waals surface area contributed by atoms with Crippen LogP contribution in [-0.2, 0) is 19.7 Å². The summed E-state index contributed by atoms with van der Waals surface area (Å²) in [6.45, 7) is 9.40. The van der Waals surface area contributed by atoms with Gasteiger partial charge in [0.1, 0.15) is 0 Å². The zero-order valence-corrected chi connectivity index (χ0v) is 12.8. The van der Waals surface area contributed by atoms with Crippen LogP contribution in [0.5, 0.6) is 0 Å². The number of aryl methyl sites for hydroxylation is 1. The van der Waals surface area contributed by atoms with E-state index in [2.05, 4.69) is 6.58 Å². The number of aliphatic carboxylic acids is 1. The maximum atomic E-state index is 12.4. The first-order chi connectivity index (χ1) is 9.88. The second kappa shape index (κ2) is 7.07. The van der Waals surface area contributed by atoms with Crippen molar-refractivity contribution in [2.45, 2.75) is 39.0 Å². The van der Waals surface area contributed by atoms with Crippen LogP contribution in [0.4, 0.5) is 0 Å². The van der Waals surface area contributed by atoms with Gasteiger partial charge in [0.2, 0.25) is 0 Å². The van der Waals surface area contributed by atoms with Crippen LogP contribution in [0.2, 0.25) is 0 Å². The van der Waals surface area contributed by atoms with Crippen molar-refractivity contribution in [1.82, 2.24) is 0 Å². The Balaban J connectivity index is 3.47. The highest BCUT2D eigenvalue weighted by Gasteiger charge is 2.49. The Kier molecular flexibility index (Phi) is 5.70. The van der Waals surface area contributed by atoms with E-state index in [1.807, 2.05) is 19.9 Å². The molecule has 1 aromatic carbocycles. The van der Waals surface area contributed by atoms with Gasteiger partial charge in [-0.1, -0.05) is 48.9 Å². The summed E-state index contributed by atoms with van der Waals surface area (Å²) in [6.07, 6.45) is 0.654. The fourth-order valence-corrected chi connectivity index (χ4v) is 2.24. The number of ether oxygens (including phenoxy) is 1. The Morgan fingerprint density at radius 1 is 1.33 bits per heavy atom. The molecule has 0 aliphatic heterocycles. The summed E-state index contributed by atoms with van der Waals surface area (Å²) in [7, 11) is 0. The molecule has 0 aliphatic carbocycles. The van der Waals surface area contributed by atoms with Crippen LogP contribution < -0.4 is 0 Å². The molecule has 4 heteroatoms. The molecule has 114 valence electrons. The SMILES string of the molecule is C=C(CC)CC(C(=O)O)(C(=O)OCC)c1cccc(C)c1. The molecule has 1 unspecified atom stereocenters. The molecule has 21 heavy (non-hydrogen) atoms. The molecule has 1 aromatic rings. The van der Waals surface area contributed by atoms with Crippen LogP contribution in [0.3, 0.4) is 0 Å². The van der Waals surface area contributed by atoms with Gasteiger partial charge >= 0.3 is 11.9 Å². The highest BCUT2D eigenvalue weighted by Crippen LogP contribution is 2.34.